The zero-order chi connectivity index (χ0) is 17.5. The van der Waals surface area contributed by atoms with Crippen molar-refractivity contribution in [1.29, 1.82) is 5.26 Å². The highest BCUT2D eigenvalue weighted by Crippen LogP contribution is 2.17. The number of benzene rings is 1. The number of ether oxygens (including phenoxy) is 1. The van der Waals surface area contributed by atoms with Crippen molar-refractivity contribution < 1.29 is 14.3 Å². The molecule has 0 saturated carbocycles. The zero-order valence-electron chi connectivity index (χ0n) is 13.8. The van der Waals surface area contributed by atoms with Crippen molar-refractivity contribution >= 4 is 17.5 Å². The molecule has 1 saturated heterocycles. The molecule has 0 spiro atoms. The predicted molar refractivity (Wildman–Crippen MR) is 89.1 cm³/mol. The number of hydrogen-bond donors (Lipinski definition) is 1. The van der Waals surface area contributed by atoms with Crippen LogP contribution in [0.4, 0.5) is 5.69 Å². The summed E-state index contributed by atoms with van der Waals surface area (Å²) in [4.78, 5) is 27.0. The Bertz CT molecular complexity index is 685. The number of anilines is 1. The number of rotatable bonds is 4. The second kappa shape index (κ2) is 8.02. The molecule has 2 amide bonds. The van der Waals surface area contributed by atoms with Gasteiger partial charge in [0.15, 0.2) is 0 Å². The first-order valence-electron chi connectivity index (χ1n) is 7.61. The lowest BCUT2D eigenvalue weighted by Crippen LogP contribution is -2.50. The number of amides is 2. The van der Waals surface area contributed by atoms with Crippen molar-refractivity contribution in [3.8, 4) is 11.8 Å². The summed E-state index contributed by atoms with van der Waals surface area (Å²) in [6.45, 7) is 3.34. The summed E-state index contributed by atoms with van der Waals surface area (Å²) in [7, 11) is 1.57. The summed E-state index contributed by atoms with van der Waals surface area (Å²) >= 11 is 0. The van der Waals surface area contributed by atoms with E-state index < -0.39 is 0 Å². The van der Waals surface area contributed by atoms with E-state index in [9.17, 15) is 14.9 Å². The van der Waals surface area contributed by atoms with Crippen LogP contribution in [0, 0.1) is 11.3 Å². The van der Waals surface area contributed by atoms with Crippen LogP contribution >= 0.6 is 0 Å². The van der Waals surface area contributed by atoms with Gasteiger partial charge in [0.05, 0.1) is 7.11 Å². The van der Waals surface area contributed by atoms with E-state index in [1.54, 1.807) is 29.0 Å². The molecule has 1 aliphatic heterocycles. The van der Waals surface area contributed by atoms with Gasteiger partial charge < -0.3 is 19.9 Å². The quantitative estimate of drug-likeness (QED) is 0.663. The standard InChI is InChI=1S/C17H20N4O3/c1-13(22)20-6-8-21(9-7-20)17(23)14(11-18)12-19-15-4-3-5-16(10-15)24-2/h3-5,10,12,19H,6-9H2,1-2H3/b14-12-. The van der Waals surface area contributed by atoms with E-state index in [0.29, 0.717) is 31.9 Å². The van der Waals surface area contributed by atoms with Crippen LogP contribution in [-0.2, 0) is 9.59 Å². The number of hydrogen-bond acceptors (Lipinski definition) is 5. The van der Waals surface area contributed by atoms with Crippen LogP contribution in [0.25, 0.3) is 0 Å². The monoisotopic (exact) mass is 328 g/mol. The van der Waals surface area contributed by atoms with Gasteiger partial charge in [0, 0.05) is 51.1 Å². The number of nitriles is 1. The first-order valence-corrected chi connectivity index (χ1v) is 7.61. The predicted octanol–water partition coefficient (Wildman–Crippen LogP) is 1.21. The second-order valence-electron chi connectivity index (χ2n) is 5.34. The Morgan fingerprint density at radius 2 is 1.92 bits per heavy atom. The topological polar surface area (TPSA) is 85.7 Å². The molecule has 1 aromatic rings. The normalized spacial score (nSPS) is 14.8. The average molecular weight is 328 g/mol. The lowest BCUT2D eigenvalue weighted by Gasteiger charge is -2.34. The number of nitrogens with zero attached hydrogens (tertiary/aromatic N) is 3. The highest BCUT2D eigenvalue weighted by molar-refractivity contribution is 5.97. The number of carbonyl (C=O) groups excluding carboxylic acids is 2. The Hall–Kier alpha value is -3.01. The molecule has 7 heteroatoms. The minimum Gasteiger partial charge on any atom is -0.497 e. The first kappa shape index (κ1) is 17.3. The second-order valence-corrected chi connectivity index (χ2v) is 5.34. The number of piperazine rings is 1. The molecule has 126 valence electrons. The van der Waals surface area contributed by atoms with Gasteiger partial charge in [-0.15, -0.1) is 0 Å². The Kier molecular flexibility index (Phi) is 5.79. The van der Waals surface area contributed by atoms with Crippen LogP contribution in [-0.4, -0.2) is 54.9 Å². The highest BCUT2D eigenvalue weighted by atomic mass is 16.5. The maximum atomic E-state index is 12.4. The molecule has 24 heavy (non-hydrogen) atoms. The van der Waals surface area contributed by atoms with Crippen molar-refractivity contribution in [2.45, 2.75) is 6.92 Å². The maximum Gasteiger partial charge on any atom is 0.266 e. The van der Waals surface area contributed by atoms with Gasteiger partial charge in [0.2, 0.25) is 5.91 Å². The van der Waals surface area contributed by atoms with Crippen LogP contribution in [0.15, 0.2) is 36.0 Å². The molecule has 1 heterocycles. The Morgan fingerprint density at radius 3 is 2.50 bits per heavy atom. The Balaban J connectivity index is 2.01. The van der Waals surface area contributed by atoms with Gasteiger partial charge in [-0.05, 0) is 12.1 Å². The van der Waals surface area contributed by atoms with Crippen LogP contribution in [0.1, 0.15) is 6.92 Å². The van der Waals surface area contributed by atoms with Crippen molar-refractivity contribution in [3.05, 3.63) is 36.0 Å². The van der Waals surface area contributed by atoms with E-state index in [-0.39, 0.29) is 17.4 Å². The number of nitrogens with one attached hydrogen (secondary N) is 1. The summed E-state index contributed by atoms with van der Waals surface area (Å²) in [6, 6.07) is 9.12. The van der Waals surface area contributed by atoms with Crippen molar-refractivity contribution in [3.63, 3.8) is 0 Å². The van der Waals surface area contributed by atoms with Crippen LogP contribution in [0.2, 0.25) is 0 Å². The lowest BCUT2D eigenvalue weighted by molar-refractivity contribution is -0.136. The maximum absolute atomic E-state index is 12.4. The van der Waals surface area contributed by atoms with E-state index in [1.165, 1.54) is 13.1 Å². The highest BCUT2D eigenvalue weighted by Gasteiger charge is 2.24. The molecular formula is C17H20N4O3. The summed E-state index contributed by atoms with van der Waals surface area (Å²) < 4.78 is 5.13. The molecule has 7 nitrogen and oxygen atoms in total. The largest absolute Gasteiger partial charge is 0.497 e. The van der Waals surface area contributed by atoms with Gasteiger partial charge >= 0.3 is 0 Å². The number of carbonyl (C=O) groups is 2. The molecule has 2 rings (SSSR count). The van der Waals surface area contributed by atoms with Crippen LogP contribution < -0.4 is 10.1 Å². The van der Waals surface area contributed by atoms with Gasteiger partial charge in [-0.2, -0.15) is 5.26 Å². The summed E-state index contributed by atoms with van der Waals surface area (Å²) in [6.07, 6.45) is 1.40. The molecule has 1 aliphatic rings. The molecule has 1 aromatic carbocycles. The van der Waals surface area contributed by atoms with Crippen LogP contribution in [0.3, 0.4) is 0 Å². The van der Waals surface area contributed by atoms with Gasteiger partial charge in [-0.3, -0.25) is 9.59 Å². The molecule has 0 aromatic heterocycles. The Labute approximate surface area is 141 Å². The fourth-order valence-electron chi connectivity index (χ4n) is 2.40. The van der Waals surface area contributed by atoms with E-state index in [4.69, 9.17) is 4.74 Å². The summed E-state index contributed by atoms with van der Waals surface area (Å²) in [5, 5.41) is 12.2. The summed E-state index contributed by atoms with van der Waals surface area (Å²) in [5.74, 6) is 0.340. The summed E-state index contributed by atoms with van der Waals surface area (Å²) in [5.41, 5.74) is 0.741. The van der Waals surface area contributed by atoms with E-state index >= 15 is 0 Å². The molecule has 1 N–H and O–H groups in total. The lowest BCUT2D eigenvalue weighted by atomic mass is 10.2. The van der Waals surface area contributed by atoms with Gasteiger partial charge in [0.1, 0.15) is 17.4 Å². The fourth-order valence-corrected chi connectivity index (χ4v) is 2.40. The average Bonchev–Trinajstić information content (AvgIpc) is 2.62. The zero-order valence-corrected chi connectivity index (χ0v) is 13.8. The Morgan fingerprint density at radius 1 is 1.25 bits per heavy atom. The fraction of sp³-hybridized carbons (Fsp3) is 0.353. The van der Waals surface area contributed by atoms with E-state index in [2.05, 4.69) is 5.32 Å². The molecule has 0 aliphatic carbocycles. The molecule has 0 bridgehead atoms. The van der Waals surface area contributed by atoms with Crippen molar-refractivity contribution in [1.82, 2.24) is 9.80 Å². The first-order chi connectivity index (χ1) is 11.5. The minimum atomic E-state index is -0.337. The molecular weight excluding hydrogens is 308 g/mol. The van der Waals surface area contributed by atoms with Gasteiger partial charge in [0.25, 0.3) is 5.91 Å². The van der Waals surface area contributed by atoms with Gasteiger partial charge in [-0.25, -0.2) is 0 Å². The van der Waals surface area contributed by atoms with Crippen molar-refractivity contribution in [2.75, 3.05) is 38.6 Å². The minimum absolute atomic E-state index is 0.00200. The molecule has 0 atom stereocenters. The third-order valence-electron chi connectivity index (χ3n) is 3.82. The van der Waals surface area contributed by atoms with Gasteiger partial charge in [-0.1, -0.05) is 6.07 Å². The molecule has 0 unspecified atom stereocenters. The number of methoxy groups -OCH3 is 1. The van der Waals surface area contributed by atoms with Crippen LogP contribution in [0.5, 0.6) is 5.75 Å². The van der Waals surface area contributed by atoms with E-state index in [0.717, 1.165) is 5.69 Å². The SMILES string of the molecule is COc1cccc(N/C=C(/C#N)C(=O)N2CCN(C(C)=O)CC2)c1. The van der Waals surface area contributed by atoms with Crippen molar-refractivity contribution in [2.24, 2.45) is 0 Å². The molecule has 1 fully saturated rings. The third-order valence-corrected chi connectivity index (χ3v) is 3.82. The van der Waals surface area contributed by atoms with E-state index in [1.807, 2.05) is 18.2 Å². The molecule has 0 radical (unpaired) electrons. The smallest absolute Gasteiger partial charge is 0.266 e. The third kappa shape index (κ3) is 4.26.